The molecule has 118 valence electrons. The quantitative estimate of drug-likeness (QED) is 0.558. The van der Waals surface area contributed by atoms with Crippen LogP contribution in [0.4, 0.5) is 11.4 Å². The van der Waals surface area contributed by atoms with Crippen molar-refractivity contribution in [2.45, 2.75) is 23.5 Å². The van der Waals surface area contributed by atoms with Crippen LogP contribution < -0.4 is 10.0 Å². The van der Waals surface area contributed by atoms with Crippen molar-refractivity contribution < 1.29 is 13.3 Å². The van der Waals surface area contributed by atoms with Crippen LogP contribution in [0.25, 0.3) is 0 Å². The molecular weight excluding hydrogens is 314 g/mol. The molecule has 0 fully saturated rings. The number of hydrogen-bond acceptors (Lipinski definition) is 6. The molecule has 1 unspecified atom stereocenters. The van der Waals surface area contributed by atoms with Crippen LogP contribution in [-0.4, -0.2) is 38.4 Å². The predicted molar refractivity (Wildman–Crippen MR) is 85.4 cm³/mol. The molecule has 0 saturated heterocycles. The topological polar surface area (TPSA) is 101 Å². The van der Waals surface area contributed by atoms with Crippen molar-refractivity contribution in [3.8, 4) is 0 Å². The van der Waals surface area contributed by atoms with Gasteiger partial charge >= 0.3 is 0 Å². The molecule has 1 aromatic rings. The smallest absolute Gasteiger partial charge is 0.293 e. The minimum Gasteiger partial charge on any atom is -0.383 e. The molecule has 0 radical (unpaired) electrons. The van der Waals surface area contributed by atoms with Crippen LogP contribution in [0.2, 0.25) is 0 Å². The van der Waals surface area contributed by atoms with Gasteiger partial charge in [0.25, 0.3) is 5.69 Å². The fourth-order valence-corrected chi connectivity index (χ4v) is 3.06. The monoisotopic (exact) mass is 333 g/mol. The normalized spacial score (nSPS) is 12.9. The fraction of sp³-hybridized carbons (Fsp3) is 0.500. The van der Waals surface area contributed by atoms with E-state index in [9.17, 15) is 18.5 Å². The van der Waals surface area contributed by atoms with Crippen LogP contribution in [-0.2, 0) is 10.0 Å². The van der Waals surface area contributed by atoms with E-state index in [1.165, 1.54) is 12.1 Å². The first-order valence-electron chi connectivity index (χ1n) is 6.30. The molecule has 0 aliphatic heterocycles. The number of nitrogens with zero attached hydrogens (tertiary/aromatic N) is 1. The highest BCUT2D eigenvalue weighted by atomic mass is 32.2. The zero-order chi connectivity index (χ0) is 16.0. The number of rotatable bonds is 8. The maximum absolute atomic E-state index is 12.1. The summed E-state index contributed by atoms with van der Waals surface area (Å²) in [6.07, 6.45) is 2.65. The number of thioether (sulfide) groups is 1. The third-order valence-electron chi connectivity index (χ3n) is 2.99. The summed E-state index contributed by atoms with van der Waals surface area (Å²) in [4.78, 5) is 10.2. The van der Waals surface area contributed by atoms with E-state index in [1.54, 1.807) is 18.8 Å². The SMILES string of the molecule is CNc1ccc(S(=O)(=O)NCCC(C)SC)cc1[N+](=O)[O-]. The molecule has 0 aromatic heterocycles. The summed E-state index contributed by atoms with van der Waals surface area (Å²) in [5.74, 6) is 0. The first-order valence-corrected chi connectivity index (χ1v) is 9.07. The molecule has 1 atom stereocenters. The van der Waals surface area contributed by atoms with E-state index in [1.807, 2.05) is 13.2 Å². The van der Waals surface area contributed by atoms with Gasteiger partial charge in [-0.15, -0.1) is 0 Å². The van der Waals surface area contributed by atoms with Gasteiger partial charge in [-0.1, -0.05) is 6.92 Å². The van der Waals surface area contributed by atoms with Gasteiger partial charge in [-0.25, -0.2) is 13.1 Å². The van der Waals surface area contributed by atoms with Crippen LogP contribution in [0.5, 0.6) is 0 Å². The molecule has 0 aliphatic rings. The second kappa shape index (κ2) is 7.62. The molecule has 7 nitrogen and oxygen atoms in total. The Hall–Kier alpha value is -1.32. The number of nitro groups is 1. The summed E-state index contributed by atoms with van der Waals surface area (Å²) in [6, 6.07) is 3.79. The second-order valence-electron chi connectivity index (χ2n) is 4.42. The third kappa shape index (κ3) is 4.87. The number of sulfonamides is 1. The molecule has 1 aromatic carbocycles. The van der Waals surface area contributed by atoms with Gasteiger partial charge in [-0.3, -0.25) is 10.1 Å². The molecule has 1 rings (SSSR count). The Morgan fingerprint density at radius 1 is 1.43 bits per heavy atom. The molecule has 0 heterocycles. The molecule has 9 heteroatoms. The highest BCUT2D eigenvalue weighted by molar-refractivity contribution is 7.99. The zero-order valence-corrected chi connectivity index (χ0v) is 13.8. The largest absolute Gasteiger partial charge is 0.383 e. The Balaban J connectivity index is 2.93. The number of benzene rings is 1. The maximum atomic E-state index is 12.1. The first-order chi connectivity index (χ1) is 9.81. The second-order valence-corrected chi connectivity index (χ2v) is 7.46. The van der Waals surface area contributed by atoms with Crippen LogP contribution in [0.1, 0.15) is 13.3 Å². The van der Waals surface area contributed by atoms with E-state index in [-0.39, 0.29) is 16.3 Å². The van der Waals surface area contributed by atoms with Gasteiger partial charge in [0.2, 0.25) is 10.0 Å². The van der Waals surface area contributed by atoms with Gasteiger partial charge in [0.15, 0.2) is 0 Å². The van der Waals surface area contributed by atoms with Crippen molar-refractivity contribution >= 4 is 33.2 Å². The lowest BCUT2D eigenvalue weighted by Crippen LogP contribution is -2.26. The third-order valence-corrected chi connectivity index (χ3v) is 5.49. The molecular formula is C12H19N3O4S2. The Labute approximate surface area is 128 Å². The average molecular weight is 333 g/mol. The number of anilines is 1. The van der Waals surface area contributed by atoms with Crippen molar-refractivity contribution in [1.29, 1.82) is 0 Å². The molecule has 21 heavy (non-hydrogen) atoms. The van der Waals surface area contributed by atoms with Gasteiger partial charge in [-0.05, 0) is 24.8 Å². The lowest BCUT2D eigenvalue weighted by Gasteiger charge is -2.10. The average Bonchev–Trinajstić information content (AvgIpc) is 2.45. The first kappa shape index (κ1) is 17.7. The fourth-order valence-electron chi connectivity index (χ4n) is 1.64. The van der Waals surface area contributed by atoms with E-state index < -0.39 is 14.9 Å². The predicted octanol–water partition coefficient (Wildman–Crippen LogP) is 2.06. The molecule has 0 saturated carbocycles. The van der Waals surface area contributed by atoms with Crippen molar-refractivity contribution in [2.24, 2.45) is 0 Å². The minimum absolute atomic E-state index is 0.106. The summed E-state index contributed by atoms with van der Waals surface area (Å²) >= 11 is 1.65. The molecule has 0 spiro atoms. The Kier molecular flexibility index (Phi) is 6.43. The van der Waals surface area contributed by atoms with Crippen LogP contribution in [0.15, 0.2) is 23.1 Å². The number of nitrogens with one attached hydrogen (secondary N) is 2. The van der Waals surface area contributed by atoms with E-state index >= 15 is 0 Å². The zero-order valence-electron chi connectivity index (χ0n) is 12.1. The Morgan fingerprint density at radius 3 is 2.62 bits per heavy atom. The summed E-state index contributed by atoms with van der Waals surface area (Å²) in [7, 11) is -2.20. The van der Waals surface area contributed by atoms with Gasteiger partial charge in [0, 0.05) is 24.9 Å². The molecule has 2 N–H and O–H groups in total. The van der Waals surface area contributed by atoms with Crippen molar-refractivity contribution in [3.63, 3.8) is 0 Å². The van der Waals surface area contributed by atoms with Crippen LogP contribution in [0.3, 0.4) is 0 Å². The van der Waals surface area contributed by atoms with E-state index in [2.05, 4.69) is 10.0 Å². The van der Waals surface area contributed by atoms with Gasteiger partial charge in [-0.2, -0.15) is 11.8 Å². The lowest BCUT2D eigenvalue weighted by molar-refractivity contribution is -0.384. The maximum Gasteiger partial charge on any atom is 0.293 e. The van der Waals surface area contributed by atoms with E-state index in [0.717, 1.165) is 6.07 Å². The lowest BCUT2D eigenvalue weighted by atomic mass is 10.3. The van der Waals surface area contributed by atoms with Gasteiger partial charge < -0.3 is 5.32 Å². The summed E-state index contributed by atoms with van der Waals surface area (Å²) in [6.45, 7) is 2.30. The highest BCUT2D eigenvalue weighted by Crippen LogP contribution is 2.27. The molecule has 0 amide bonds. The number of nitro benzene ring substituents is 1. The van der Waals surface area contributed by atoms with E-state index in [4.69, 9.17) is 0 Å². The van der Waals surface area contributed by atoms with Crippen molar-refractivity contribution in [2.75, 3.05) is 25.2 Å². The highest BCUT2D eigenvalue weighted by Gasteiger charge is 2.20. The summed E-state index contributed by atoms with van der Waals surface area (Å²) < 4.78 is 26.7. The van der Waals surface area contributed by atoms with Crippen LogP contribution in [0, 0.1) is 10.1 Å². The van der Waals surface area contributed by atoms with Crippen LogP contribution >= 0.6 is 11.8 Å². The summed E-state index contributed by atoms with van der Waals surface area (Å²) in [5, 5.41) is 14.0. The van der Waals surface area contributed by atoms with Gasteiger partial charge in [0.05, 0.1) is 9.82 Å². The Bertz CT molecular complexity index is 605. The minimum atomic E-state index is -3.74. The van der Waals surface area contributed by atoms with Gasteiger partial charge in [0.1, 0.15) is 5.69 Å². The number of hydrogen-bond donors (Lipinski definition) is 2. The Morgan fingerprint density at radius 2 is 2.10 bits per heavy atom. The summed E-state index contributed by atoms with van der Waals surface area (Å²) in [5.41, 5.74) is 0.00723. The molecule has 0 bridgehead atoms. The molecule has 0 aliphatic carbocycles. The van der Waals surface area contributed by atoms with Crippen molar-refractivity contribution in [1.82, 2.24) is 4.72 Å². The van der Waals surface area contributed by atoms with Crippen molar-refractivity contribution in [3.05, 3.63) is 28.3 Å². The standard InChI is InChI=1S/C12H19N3O4S2/c1-9(20-3)6-7-14-21(18,19)10-4-5-11(13-2)12(8-10)15(16)17/h4-5,8-9,13-14H,6-7H2,1-3H3. The van der Waals surface area contributed by atoms with E-state index in [0.29, 0.717) is 18.2 Å².